The maximum absolute atomic E-state index is 12.2. The summed E-state index contributed by atoms with van der Waals surface area (Å²) in [5.74, 6) is 0.704. The molecule has 1 fully saturated rings. The third-order valence-corrected chi connectivity index (χ3v) is 3.95. The van der Waals surface area contributed by atoms with Crippen LogP contribution in [0.5, 0.6) is 0 Å². The van der Waals surface area contributed by atoms with E-state index in [-0.39, 0.29) is 11.5 Å². The van der Waals surface area contributed by atoms with Crippen molar-refractivity contribution in [2.24, 2.45) is 0 Å². The highest BCUT2D eigenvalue weighted by Gasteiger charge is 2.20. The summed E-state index contributed by atoms with van der Waals surface area (Å²) < 4.78 is 5.25. The Morgan fingerprint density at radius 3 is 2.87 bits per heavy atom. The highest BCUT2D eigenvalue weighted by atomic mass is 16.5. The van der Waals surface area contributed by atoms with Crippen LogP contribution in [0.15, 0.2) is 29.1 Å². The molecule has 2 N–H and O–H groups in total. The zero-order chi connectivity index (χ0) is 16.2. The standard InChI is InChI=1S/C16H20N4O3/c1-19(11-15(21)20-6-8-23-9-7-20)10-14-17-13-5-3-2-4-12(13)16(22)18-14/h2-5H,6-11H2,1H3,(H,17,18,22)/p+1. The largest absolute Gasteiger partial charge is 0.378 e. The summed E-state index contributed by atoms with van der Waals surface area (Å²) in [6, 6.07) is 7.25. The summed E-state index contributed by atoms with van der Waals surface area (Å²) >= 11 is 0. The van der Waals surface area contributed by atoms with Crippen LogP contribution in [0.25, 0.3) is 10.9 Å². The van der Waals surface area contributed by atoms with Crippen molar-refractivity contribution in [3.63, 3.8) is 0 Å². The molecule has 1 unspecified atom stereocenters. The number of aromatic nitrogens is 2. The van der Waals surface area contributed by atoms with Gasteiger partial charge >= 0.3 is 0 Å². The second-order valence-electron chi connectivity index (χ2n) is 5.83. The number of ether oxygens (including phenoxy) is 1. The Hall–Kier alpha value is -2.25. The quantitative estimate of drug-likeness (QED) is 0.742. The van der Waals surface area contributed by atoms with Gasteiger partial charge in [-0.1, -0.05) is 12.1 Å². The van der Waals surface area contributed by atoms with E-state index in [1.807, 2.05) is 30.1 Å². The normalized spacial score (nSPS) is 16.5. The summed E-state index contributed by atoms with van der Waals surface area (Å²) in [5.41, 5.74) is 0.538. The Balaban J connectivity index is 1.66. The van der Waals surface area contributed by atoms with Crippen molar-refractivity contribution in [2.75, 3.05) is 39.9 Å². The molecule has 1 aliphatic heterocycles. The van der Waals surface area contributed by atoms with Gasteiger partial charge in [0.15, 0.2) is 12.4 Å². The number of amides is 1. The molecular weight excluding hydrogens is 296 g/mol. The number of H-pyrrole nitrogens is 1. The van der Waals surface area contributed by atoms with Crippen LogP contribution in [-0.4, -0.2) is 60.7 Å². The summed E-state index contributed by atoms with van der Waals surface area (Å²) in [5, 5.41) is 0.582. The first kappa shape index (κ1) is 15.6. The maximum atomic E-state index is 12.2. The van der Waals surface area contributed by atoms with E-state index in [1.165, 1.54) is 0 Å². The van der Waals surface area contributed by atoms with E-state index in [1.54, 1.807) is 6.07 Å². The van der Waals surface area contributed by atoms with E-state index >= 15 is 0 Å². The molecule has 1 aliphatic rings. The average Bonchev–Trinajstić information content (AvgIpc) is 2.55. The van der Waals surface area contributed by atoms with Gasteiger partial charge in [-0.25, -0.2) is 4.98 Å². The number of aromatic amines is 1. The highest BCUT2D eigenvalue weighted by molar-refractivity contribution is 5.77. The Morgan fingerprint density at radius 1 is 1.35 bits per heavy atom. The molecule has 1 saturated heterocycles. The molecule has 0 aliphatic carbocycles. The van der Waals surface area contributed by atoms with Gasteiger partial charge < -0.3 is 19.5 Å². The van der Waals surface area contributed by atoms with E-state index < -0.39 is 0 Å². The summed E-state index contributed by atoms with van der Waals surface area (Å²) in [4.78, 5) is 34.4. The topological polar surface area (TPSA) is 79.7 Å². The summed E-state index contributed by atoms with van der Waals surface area (Å²) in [6.45, 7) is 3.37. The van der Waals surface area contributed by atoms with Crippen LogP contribution >= 0.6 is 0 Å². The van der Waals surface area contributed by atoms with Crippen molar-refractivity contribution in [3.05, 3.63) is 40.4 Å². The Labute approximate surface area is 133 Å². The molecular formula is C16H21N4O3+. The predicted octanol–water partition coefficient (Wildman–Crippen LogP) is -1.20. The van der Waals surface area contributed by atoms with Crippen molar-refractivity contribution in [1.29, 1.82) is 0 Å². The van der Waals surface area contributed by atoms with E-state index in [0.29, 0.717) is 56.1 Å². The minimum absolute atomic E-state index is 0.105. The average molecular weight is 317 g/mol. The second-order valence-corrected chi connectivity index (χ2v) is 5.83. The minimum atomic E-state index is -0.141. The van der Waals surface area contributed by atoms with Gasteiger partial charge in [0.05, 0.1) is 31.2 Å². The molecule has 7 heteroatoms. The van der Waals surface area contributed by atoms with Crippen LogP contribution < -0.4 is 10.5 Å². The molecule has 3 rings (SSSR count). The number of carbonyl (C=O) groups is 1. The van der Waals surface area contributed by atoms with Crippen LogP contribution in [0.4, 0.5) is 0 Å². The molecule has 23 heavy (non-hydrogen) atoms. The van der Waals surface area contributed by atoms with Gasteiger partial charge in [-0.3, -0.25) is 9.59 Å². The number of carbonyl (C=O) groups excluding carboxylic acids is 1. The van der Waals surface area contributed by atoms with Gasteiger partial charge in [-0.05, 0) is 12.1 Å². The number of nitrogens with zero attached hydrogens (tertiary/aromatic N) is 2. The SMILES string of the molecule is C[NH+](CC(=O)N1CCOCC1)Cc1nc2ccccc2c(=O)[nH]1. The lowest BCUT2D eigenvalue weighted by molar-refractivity contribution is -0.886. The number of nitrogens with one attached hydrogen (secondary N) is 2. The van der Waals surface area contributed by atoms with Gasteiger partial charge in [0.2, 0.25) is 0 Å². The molecule has 0 radical (unpaired) electrons. The van der Waals surface area contributed by atoms with Crippen molar-refractivity contribution in [3.8, 4) is 0 Å². The van der Waals surface area contributed by atoms with Gasteiger partial charge in [0.1, 0.15) is 6.54 Å². The zero-order valence-electron chi connectivity index (χ0n) is 13.2. The zero-order valence-corrected chi connectivity index (χ0v) is 13.2. The number of rotatable bonds is 4. The van der Waals surface area contributed by atoms with Gasteiger partial charge in [-0.2, -0.15) is 0 Å². The predicted molar refractivity (Wildman–Crippen MR) is 85.2 cm³/mol. The molecule has 1 aromatic heterocycles. The molecule has 7 nitrogen and oxygen atoms in total. The molecule has 1 amide bonds. The molecule has 0 spiro atoms. The maximum Gasteiger partial charge on any atom is 0.277 e. The third kappa shape index (κ3) is 3.75. The summed E-state index contributed by atoms with van der Waals surface area (Å²) in [6.07, 6.45) is 0. The Morgan fingerprint density at radius 2 is 2.09 bits per heavy atom. The van der Waals surface area contributed by atoms with Crippen molar-refractivity contribution >= 4 is 16.8 Å². The van der Waals surface area contributed by atoms with E-state index in [4.69, 9.17) is 4.74 Å². The Bertz CT molecular complexity index is 752. The van der Waals surface area contributed by atoms with E-state index in [0.717, 1.165) is 4.90 Å². The fourth-order valence-corrected chi connectivity index (χ4v) is 2.75. The van der Waals surface area contributed by atoms with Crippen LogP contribution in [0.2, 0.25) is 0 Å². The van der Waals surface area contributed by atoms with Crippen LogP contribution in [0.1, 0.15) is 5.82 Å². The first-order valence-electron chi connectivity index (χ1n) is 7.78. The molecule has 0 saturated carbocycles. The number of fused-ring (bicyclic) bond motifs is 1. The van der Waals surface area contributed by atoms with Gasteiger partial charge in [-0.15, -0.1) is 0 Å². The van der Waals surface area contributed by atoms with E-state index in [9.17, 15) is 9.59 Å². The molecule has 1 atom stereocenters. The Kier molecular flexibility index (Phi) is 4.68. The number of hydrogen-bond acceptors (Lipinski definition) is 4. The fourth-order valence-electron chi connectivity index (χ4n) is 2.75. The second kappa shape index (κ2) is 6.89. The number of para-hydroxylation sites is 1. The monoisotopic (exact) mass is 317 g/mol. The minimum Gasteiger partial charge on any atom is -0.378 e. The molecule has 1 aromatic carbocycles. The lowest BCUT2D eigenvalue weighted by Gasteiger charge is -2.27. The third-order valence-electron chi connectivity index (χ3n) is 3.95. The van der Waals surface area contributed by atoms with Crippen molar-refractivity contribution < 1.29 is 14.4 Å². The van der Waals surface area contributed by atoms with Crippen LogP contribution in [0.3, 0.4) is 0 Å². The molecule has 2 heterocycles. The molecule has 0 bridgehead atoms. The highest BCUT2D eigenvalue weighted by Crippen LogP contribution is 2.04. The van der Waals surface area contributed by atoms with Crippen LogP contribution in [0, 0.1) is 0 Å². The number of morpholine rings is 1. The fraction of sp³-hybridized carbons (Fsp3) is 0.438. The molecule has 122 valence electrons. The van der Waals surface area contributed by atoms with Crippen molar-refractivity contribution in [1.82, 2.24) is 14.9 Å². The smallest absolute Gasteiger partial charge is 0.277 e. The molecule has 2 aromatic rings. The lowest BCUT2D eigenvalue weighted by Crippen LogP contribution is -3.09. The first-order valence-corrected chi connectivity index (χ1v) is 7.78. The summed E-state index contributed by atoms with van der Waals surface area (Å²) in [7, 11) is 1.92. The lowest BCUT2D eigenvalue weighted by atomic mass is 10.2. The number of quaternary nitrogens is 1. The van der Waals surface area contributed by atoms with Gasteiger partial charge in [0.25, 0.3) is 11.5 Å². The van der Waals surface area contributed by atoms with Crippen molar-refractivity contribution in [2.45, 2.75) is 6.54 Å². The number of hydrogen-bond donors (Lipinski definition) is 2. The van der Waals surface area contributed by atoms with Crippen LogP contribution in [-0.2, 0) is 16.1 Å². The first-order chi connectivity index (χ1) is 11.1. The number of benzene rings is 1. The van der Waals surface area contributed by atoms with E-state index in [2.05, 4.69) is 9.97 Å². The number of likely N-dealkylation sites (N-methyl/N-ethyl adjacent to an activating group) is 1. The van der Waals surface area contributed by atoms with Gasteiger partial charge in [0, 0.05) is 13.1 Å².